The van der Waals surface area contributed by atoms with Crippen molar-refractivity contribution in [2.75, 3.05) is 18.2 Å². The number of hydrogen-bond acceptors (Lipinski definition) is 7. The summed E-state index contributed by atoms with van der Waals surface area (Å²) >= 11 is 6.56. The summed E-state index contributed by atoms with van der Waals surface area (Å²) in [6, 6.07) is 20.1. The molecule has 0 spiro atoms. The molecule has 0 radical (unpaired) electrons. The van der Waals surface area contributed by atoms with Crippen LogP contribution in [0.15, 0.2) is 79.1 Å². The van der Waals surface area contributed by atoms with Crippen LogP contribution in [0, 0.1) is 0 Å². The predicted molar refractivity (Wildman–Crippen MR) is 144 cm³/mol. The summed E-state index contributed by atoms with van der Waals surface area (Å²) in [4.78, 5) is 30.5. The van der Waals surface area contributed by atoms with Crippen molar-refractivity contribution in [3.8, 4) is 28.4 Å². The molecule has 5 rings (SSSR count). The van der Waals surface area contributed by atoms with Crippen molar-refractivity contribution in [3.63, 3.8) is 0 Å². The number of carbonyl (C=O) groups excluding carboxylic acids is 1. The highest BCUT2D eigenvalue weighted by atomic mass is 35.5. The monoisotopic (exact) mass is 511 g/mol. The lowest BCUT2D eigenvalue weighted by atomic mass is 10.0. The molecule has 9 nitrogen and oxygen atoms in total. The maximum Gasteiger partial charge on any atom is 0.320 e. The number of urea groups is 1. The van der Waals surface area contributed by atoms with Gasteiger partial charge in [0.2, 0.25) is 5.88 Å². The van der Waals surface area contributed by atoms with Crippen LogP contribution in [0.2, 0.25) is 5.02 Å². The molecule has 0 fully saturated rings. The highest BCUT2D eigenvalue weighted by Gasteiger charge is 2.18. The number of aromatic nitrogens is 4. The van der Waals surface area contributed by atoms with Crippen molar-refractivity contribution in [2.45, 2.75) is 6.54 Å². The van der Waals surface area contributed by atoms with E-state index in [4.69, 9.17) is 27.1 Å². The molecule has 4 N–H and O–H groups in total. The molecule has 0 aliphatic heterocycles. The van der Waals surface area contributed by atoms with Crippen molar-refractivity contribution in [1.29, 1.82) is 0 Å². The Balaban J connectivity index is 1.49. The average Bonchev–Trinajstić information content (AvgIpc) is 2.93. The second-order valence-electron chi connectivity index (χ2n) is 8.07. The van der Waals surface area contributed by atoms with E-state index in [1.54, 1.807) is 31.6 Å². The molecule has 0 saturated carbocycles. The zero-order valence-corrected chi connectivity index (χ0v) is 20.5. The number of carbonyl (C=O) groups is 1. The number of nitrogens with zero attached hydrogens (tertiary/aromatic N) is 4. The molecule has 37 heavy (non-hydrogen) atoms. The second-order valence-corrected chi connectivity index (χ2v) is 8.48. The fraction of sp³-hybridized carbons (Fsp3) is 0.0741. The molecule has 3 aromatic heterocycles. The van der Waals surface area contributed by atoms with Crippen LogP contribution in [-0.4, -0.2) is 33.1 Å². The Labute approximate surface area is 217 Å². The van der Waals surface area contributed by atoms with Crippen molar-refractivity contribution in [1.82, 2.24) is 25.3 Å². The molecule has 184 valence electrons. The normalized spacial score (nSPS) is 10.8. The first kappa shape index (κ1) is 24.0. The molecule has 5 aromatic rings. The Bertz CT molecular complexity index is 1580. The average molecular weight is 512 g/mol. The summed E-state index contributed by atoms with van der Waals surface area (Å²) in [5, 5.41) is 6.80. The van der Waals surface area contributed by atoms with Crippen molar-refractivity contribution in [2.24, 2.45) is 0 Å². The van der Waals surface area contributed by atoms with Crippen LogP contribution in [0.5, 0.6) is 5.88 Å². The summed E-state index contributed by atoms with van der Waals surface area (Å²) in [5.41, 5.74) is 10.3. The number of nitrogens with one attached hydrogen (secondary N) is 2. The van der Waals surface area contributed by atoms with Gasteiger partial charge < -0.3 is 15.8 Å². The first-order valence-corrected chi connectivity index (χ1v) is 11.7. The number of hydrogen-bond donors (Lipinski definition) is 3. The van der Waals surface area contributed by atoms with Gasteiger partial charge in [-0.05, 0) is 23.8 Å². The quantitative estimate of drug-likeness (QED) is 0.281. The topological polar surface area (TPSA) is 128 Å². The molecule has 0 atom stereocenters. The number of ether oxygens (including phenoxy) is 1. The lowest BCUT2D eigenvalue weighted by Gasteiger charge is -2.15. The van der Waals surface area contributed by atoms with E-state index in [2.05, 4.69) is 25.6 Å². The van der Waals surface area contributed by atoms with Crippen LogP contribution < -0.4 is 21.1 Å². The molecule has 2 amide bonds. The van der Waals surface area contributed by atoms with E-state index >= 15 is 0 Å². The summed E-state index contributed by atoms with van der Waals surface area (Å²) < 4.78 is 5.06. The summed E-state index contributed by atoms with van der Waals surface area (Å²) in [5.74, 6) is 0.701. The van der Waals surface area contributed by atoms with Gasteiger partial charge in [-0.1, -0.05) is 54.1 Å². The van der Waals surface area contributed by atoms with E-state index in [0.717, 1.165) is 16.5 Å². The van der Waals surface area contributed by atoms with Gasteiger partial charge in [0.25, 0.3) is 0 Å². The van der Waals surface area contributed by atoms with E-state index < -0.39 is 6.03 Å². The number of pyridine rings is 2. The second kappa shape index (κ2) is 10.5. The first-order chi connectivity index (χ1) is 18.0. The van der Waals surface area contributed by atoms with E-state index in [-0.39, 0.29) is 18.2 Å². The van der Waals surface area contributed by atoms with Gasteiger partial charge >= 0.3 is 6.03 Å². The van der Waals surface area contributed by atoms with Crippen LogP contribution in [0.4, 0.5) is 16.4 Å². The van der Waals surface area contributed by atoms with Crippen molar-refractivity contribution in [3.05, 3.63) is 89.7 Å². The van der Waals surface area contributed by atoms with E-state index in [1.807, 2.05) is 54.6 Å². The minimum absolute atomic E-state index is 0.0809. The predicted octanol–water partition coefficient (Wildman–Crippen LogP) is 5.32. The van der Waals surface area contributed by atoms with Crippen molar-refractivity contribution < 1.29 is 9.53 Å². The third kappa shape index (κ3) is 5.26. The van der Waals surface area contributed by atoms with E-state index in [1.165, 1.54) is 0 Å². The number of nitrogen functional groups attached to an aromatic ring is 1. The highest BCUT2D eigenvalue weighted by Crippen LogP contribution is 2.35. The molecule has 0 saturated heterocycles. The number of rotatable bonds is 6. The number of fused-ring (bicyclic) bond motifs is 1. The zero-order valence-electron chi connectivity index (χ0n) is 19.8. The van der Waals surface area contributed by atoms with Crippen LogP contribution >= 0.6 is 11.6 Å². The number of methoxy groups -OCH3 is 1. The van der Waals surface area contributed by atoms with E-state index in [9.17, 15) is 4.79 Å². The standard InChI is InChI=1S/C27H22ClN7O2/c1-37-21-10-9-16(14-31-21)15-32-27(36)35-26-25(29)33-23(17-6-3-2-4-7-17)24(34-26)19-12-18-8-5-11-30-22(18)20(28)13-19/h2-14H,15H2,1H3,(H2,29,33)(H2,32,34,35,36). The molecule has 0 unspecified atom stereocenters. The Morgan fingerprint density at radius 1 is 0.973 bits per heavy atom. The van der Waals surface area contributed by atoms with Crippen LogP contribution in [0.3, 0.4) is 0 Å². The lowest BCUT2D eigenvalue weighted by Crippen LogP contribution is -2.29. The minimum Gasteiger partial charge on any atom is -0.481 e. The molecule has 3 heterocycles. The SMILES string of the molecule is COc1ccc(CNC(=O)Nc2nc(-c3cc(Cl)c4ncccc4c3)c(-c3ccccc3)nc2N)cn1. The van der Waals surface area contributed by atoms with Crippen LogP contribution in [0.25, 0.3) is 33.4 Å². The number of amides is 2. The number of anilines is 2. The Morgan fingerprint density at radius 2 is 1.78 bits per heavy atom. The van der Waals surface area contributed by atoms with E-state index in [0.29, 0.717) is 33.4 Å². The summed E-state index contributed by atoms with van der Waals surface area (Å²) in [6.45, 7) is 0.248. The minimum atomic E-state index is -0.490. The maximum absolute atomic E-state index is 12.7. The highest BCUT2D eigenvalue weighted by molar-refractivity contribution is 6.35. The van der Waals surface area contributed by atoms with Crippen LogP contribution in [-0.2, 0) is 6.54 Å². The molecule has 0 aliphatic carbocycles. The Kier molecular flexibility index (Phi) is 6.78. The van der Waals surface area contributed by atoms with Gasteiger partial charge in [0.05, 0.1) is 29.0 Å². The third-order valence-corrected chi connectivity index (χ3v) is 5.88. The third-order valence-electron chi connectivity index (χ3n) is 5.59. The summed E-state index contributed by atoms with van der Waals surface area (Å²) in [7, 11) is 1.54. The molecule has 0 aliphatic rings. The Hall–Kier alpha value is -4.76. The lowest BCUT2D eigenvalue weighted by molar-refractivity contribution is 0.251. The maximum atomic E-state index is 12.7. The number of benzene rings is 2. The summed E-state index contributed by atoms with van der Waals surface area (Å²) in [6.07, 6.45) is 3.31. The van der Waals surface area contributed by atoms with Crippen LogP contribution in [0.1, 0.15) is 5.56 Å². The number of halogens is 1. The van der Waals surface area contributed by atoms with Gasteiger partial charge in [-0.25, -0.2) is 19.7 Å². The van der Waals surface area contributed by atoms with Gasteiger partial charge in [-0.15, -0.1) is 0 Å². The van der Waals surface area contributed by atoms with Gasteiger partial charge in [0, 0.05) is 41.5 Å². The number of nitrogens with two attached hydrogens (primary N) is 1. The molecular weight excluding hydrogens is 490 g/mol. The fourth-order valence-corrected chi connectivity index (χ4v) is 4.07. The fourth-order valence-electron chi connectivity index (χ4n) is 3.79. The van der Waals surface area contributed by atoms with Crippen molar-refractivity contribution >= 4 is 40.2 Å². The van der Waals surface area contributed by atoms with Gasteiger partial charge in [0.1, 0.15) is 0 Å². The molecule has 2 aromatic carbocycles. The molecule has 0 bridgehead atoms. The van der Waals surface area contributed by atoms with Gasteiger partial charge in [-0.2, -0.15) is 0 Å². The molecular formula is C27H22ClN7O2. The smallest absolute Gasteiger partial charge is 0.320 e. The van der Waals surface area contributed by atoms with Gasteiger partial charge in [0.15, 0.2) is 11.6 Å². The van der Waals surface area contributed by atoms with Gasteiger partial charge in [-0.3, -0.25) is 10.3 Å². The Morgan fingerprint density at radius 3 is 2.54 bits per heavy atom. The largest absolute Gasteiger partial charge is 0.481 e. The zero-order chi connectivity index (χ0) is 25.8. The molecule has 10 heteroatoms. The first-order valence-electron chi connectivity index (χ1n) is 11.3.